The first-order valence-electron chi connectivity index (χ1n) is 38.9. The molecule has 22 rings (SSSR count). The summed E-state index contributed by atoms with van der Waals surface area (Å²) in [5.74, 6) is 0. The highest BCUT2D eigenvalue weighted by Crippen LogP contribution is 2.47. The van der Waals surface area contributed by atoms with Gasteiger partial charge in [-0.25, -0.2) is 0 Å². The van der Waals surface area contributed by atoms with E-state index in [1.807, 2.05) is 24.3 Å². The minimum absolute atomic E-state index is 0.877. The molecule has 0 saturated carbocycles. The number of furan rings is 2. The van der Waals surface area contributed by atoms with Gasteiger partial charge < -0.3 is 27.8 Å². The number of para-hydroxylation sites is 5. The van der Waals surface area contributed by atoms with Crippen molar-refractivity contribution < 1.29 is 8.83 Å². The Morgan fingerprint density at radius 3 is 1.01 bits per heavy atom. The zero-order chi connectivity index (χ0) is 75.2. The predicted octanol–water partition coefficient (Wildman–Crippen LogP) is 30.3. The van der Waals surface area contributed by atoms with Crippen LogP contribution in [0.5, 0.6) is 0 Å². The third-order valence-electron chi connectivity index (χ3n) is 22.9. The van der Waals surface area contributed by atoms with Crippen LogP contribution in [0.4, 0.5) is 34.1 Å². The number of benzene rings is 18. The molecule has 0 bridgehead atoms. The molecule has 114 heavy (non-hydrogen) atoms. The van der Waals surface area contributed by atoms with Gasteiger partial charge in [0, 0.05) is 88.6 Å². The van der Waals surface area contributed by atoms with Gasteiger partial charge in [0.25, 0.3) is 0 Å². The summed E-state index contributed by atoms with van der Waals surface area (Å²) >= 11 is 0. The van der Waals surface area contributed by atoms with Crippen molar-refractivity contribution in [2.75, 3.05) is 9.80 Å². The molecule has 0 unspecified atom stereocenters. The van der Waals surface area contributed by atoms with E-state index in [1.165, 1.54) is 38.2 Å². The van der Waals surface area contributed by atoms with Crippen molar-refractivity contribution in [1.29, 1.82) is 0 Å². The Kier molecular flexibility index (Phi) is 15.8. The fourth-order valence-corrected chi connectivity index (χ4v) is 17.5. The molecule has 0 amide bonds. The number of aromatic nitrogens is 2. The summed E-state index contributed by atoms with van der Waals surface area (Å²) in [6.45, 7) is 0. The minimum atomic E-state index is 0.877. The highest BCUT2D eigenvalue weighted by Gasteiger charge is 2.23. The summed E-state index contributed by atoms with van der Waals surface area (Å²) in [5.41, 5.74) is 32.4. The fourth-order valence-electron chi connectivity index (χ4n) is 17.5. The van der Waals surface area contributed by atoms with E-state index in [-0.39, 0.29) is 0 Å². The Morgan fingerprint density at radius 2 is 0.491 bits per heavy atom. The molecule has 22 aromatic rings. The number of rotatable bonds is 15. The molecule has 0 N–H and O–H groups in total. The van der Waals surface area contributed by atoms with Gasteiger partial charge >= 0.3 is 0 Å². The van der Waals surface area contributed by atoms with Crippen LogP contribution in [0.1, 0.15) is 0 Å². The van der Waals surface area contributed by atoms with E-state index >= 15 is 0 Å². The van der Waals surface area contributed by atoms with Crippen molar-refractivity contribution in [3.8, 4) is 89.3 Å². The predicted molar refractivity (Wildman–Crippen MR) is 477 cm³/mol. The van der Waals surface area contributed by atoms with Crippen LogP contribution >= 0.6 is 0 Å². The van der Waals surface area contributed by atoms with Crippen molar-refractivity contribution in [2.45, 2.75) is 0 Å². The number of anilines is 6. The lowest BCUT2D eigenvalue weighted by Crippen LogP contribution is -2.10. The smallest absolute Gasteiger partial charge is 0.136 e. The Morgan fingerprint density at radius 1 is 0.158 bits per heavy atom. The van der Waals surface area contributed by atoms with Gasteiger partial charge in [-0.15, -0.1) is 0 Å². The number of hydrogen-bond donors (Lipinski definition) is 0. The molecule has 6 heteroatoms. The van der Waals surface area contributed by atoms with Crippen molar-refractivity contribution in [3.63, 3.8) is 0 Å². The van der Waals surface area contributed by atoms with E-state index in [2.05, 4.69) is 419 Å². The molecule has 4 heterocycles. The molecule has 534 valence electrons. The Hall–Kier alpha value is -15.2. The van der Waals surface area contributed by atoms with Crippen molar-refractivity contribution in [3.05, 3.63) is 425 Å². The van der Waals surface area contributed by atoms with Gasteiger partial charge in [-0.05, 0) is 236 Å². The van der Waals surface area contributed by atoms with E-state index in [4.69, 9.17) is 8.83 Å². The lowest BCUT2D eigenvalue weighted by molar-refractivity contribution is 0.668. The minimum Gasteiger partial charge on any atom is -0.456 e. The molecular formula is C108H70N4O2. The summed E-state index contributed by atoms with van der Waals surface area (Å²) in [6, 6.07) is 154. The Bertz CT molecular complexity index is 7420. The number of hydrogen-bond acceptors (Lipinski definition) is 4. The maximum atomic E-state index is 6.40. The fraction of sp³-hybridized carbons (Fsp3) is 0. The maximum absolute atomic E-state index is 6.40. The molecule has 6 nitrogen and oxygen atoms in total. The second-order valence-electron chi connectivity index (χ2n) is 29.5. The lowest BCUT2D eigenvalue weighted by Gasteiger charge is -2.27. The molecule has 0 fully saturated rings. The molecule has 0 aliphatic rings. The van der Waals surface area contributed by atoms with Gasteiger partial charge in [-0.2, -0.15) is 0 Å². The van der Waals surface area contributed by atoms with Gasteiger partial charge in [0.2, 0.25) is 0 Å². The molecule has 0 spiro atoms. The van der Waals surface area contributed by atoms with Crippen LogP contribution in [-0.2, 0) is 0 Å². The van der Waals surface area contributed by atoms with Gasteiger partial charge in [0.15, 0.2) is 0 Å². The summed E-state index contributed by atoms with van der Waals surface area (Å²) in [6.07, 6.45) is 0. The second kappa shape index (κ2) is 27.4. The molecule has 4 aromatic heterocycles. The molecule has 0 radical (unpaired) electrons. The highest BCUT2D eigenvalue weighted by atomic mass is 16.3. The molecule has 0 aliphatic heterocycles. The highest BCUT2D eigenvalue weighted by molar-refractivity contribution is 6.12. The zero-order valence-electron chi connectivity index (χ0n) is 62.0. The van der Waals surface area contributed by atoms with E-state index in [0.717, 1.165) is 173 Å². The summed E-state index contributed by atoms with van der Waals surface area (Å²) < 4.78 is 17.6. The van der Waals surface area contributed by atoms with Gasteiger partial charge in [0.1, 0.15) is 22.3 Å². The van der Waals surface area contributed by atoms with E-state index in [9.17, 15) is 0 Å². The largest absolute Gasteiger partial charge is 0.456 e. The van der Waals surface area contributed by atoms with Crippen LogP contribution in [0.25, 0.3) is 177 Å². The Labute approximate surface area is 659 Å². The molecular weight excluding hydrogens is 1390 g/mol. The Balaban J connectivity index is 0.631. The van der Waals surface area contributed by atoms with Crippen molar-refractivity contribution in [2.24, 2.45) is 0 Å². The number of nitrogens with zero attached hydrogens (tertiary/aromatic N) is 4. The molecule has 0 aliphatic carbocycles. The molecule has 18 aromatic carbocycles. The van der Waals surface area contributed by atoms with Crippen LogP contribution in [0.2, 0.25) is 0 Å². The average molecular weight is 1460 g/mol. The van der Waals surface area contributed by atoms with Crippen LogP contribution in [-0.4, -0.2) is 9.13 Å². The average Bonchev–Trinajstić information content (AvgIpc) is 1.59. The van der Waals surface area contributed by atoms with Crippen LogP contribution in [0, 0.1) is 0 Å². The van der Waals surface area contributed by atoms with E-state index in [1.54, 1.807) is 0 Å². The first-order valence-corrected chi connectivity index (χ1v) is 38.9. The third kappa shape index (κ3) is 11.4. The summed E-state index contributed by atoms with van der Waals surface area (Å²) in [7, 11) is 0. The summed E-state index contributed by atoms with van der Waals surface area (Å²) in [5, 5.41) is 9.29. The quantitative estimate of drug-likeness (QED) is 0.103. The summed E-state index contributed by atoms with van der Waals surface area (Å²) in [4.78, 5) is 4.78. The SMILES string of the molecule is c1ccc(-c2ccccc2-c2ccc(N(c3ccc(-c4ccc5c(c4)oc4ccccc45)cc3)c3cccc(-n4c5ccccc5c5cc(-c6ccc(-c7cccc(N(c8ccc(-c9ccc%10c(c9)oc9ccccc9%10)cc8)c8cccc(-n9c%10ccccc%10c%10ccccc%109)c8)c7)c(-c7ccccc7)c6)ccc54)c3)cc2)cc1. The topological polar surface area (TPSA) is 42.6 Å². The monoisotopic (exact) mass is 1450 g/mol. The van der Waals surface area contributed by atoms with Gasteiger partial charge in [-0.3, -0.25) is 0 Å². The second-order valence-corrected chi connectivity index (χ2v) is 29.5. The van der Waals surface area contributed by atoms with Crippen LogP contribution < -0.4 is 9.80 Å². The zero-order valence-corrected chi connectivity index (χ0v) is 62.0. The maximum Gasteiger partial charge on any atom is 0.136 e. The standard InChI is InChI=1S/C108H70N4O2/c1-3-22-73(23-4-1)89-32-7-8-33-90(89)75-48-58-82(59-49-75)109(81-54-44-71(45-55-81)78-51-61-97-95-37-12-17-42-105(95)113-107(97)67-78)85-28-20-31-88(69-85)112-103-41-16-11-36-94(103)100-66-77(53-63-104(100)112)76-50-60-91(99(65-76)74-24-5-2-6-25-74)80-26-19-27-84(64-80)110(83-56-46-72(47-57-83)79-52-62-98-96-38-13-18-43-106(96)114-108(98)68-79)86-29-21-30-87(70-86)111-101-39-14-9-34-92(101)93-35-10-15-40-102(93)111/h1-70H. The normalized spacial score (nSPS) is 11.7. The van der Waals surface area contributed by atoms with Crippen LogP contribution in [0.15, 0.2) is 433 Å². The van der Waals surface area contributed by atoms with E-state index < -0.39 is 0 Å². The molecule has 0 atom stereocenters. The first kappa shape index (κ1) is 65.8. The molecule has 0 saturated heterocycles. The third-order valence-corrected chi connectivity index (χ3v) is 22.9. The van der Waals surface area contributed by atoms with Gasteiger partial charge in [-0.1, -0.05) is 267 Å². The first-order chi connectivity index (χ1) is 56.5. The van der Waals surface area contributed by atoms with Crippen molar-refractivity contribution in [1.82, 2.24) is 9.13 Å². The van der Waals surface area contributed by atoms with Crippen molar-refractivity contribution >= 4 is 122 Å². The number of fused-ring (bicyclic) bond motifs is 12. The van der Waals surface area contributed by atoms with E-state index in [0.29, 0.717) is 0 Å². The van der Waals surface area contributed by atoms with Gasteiger partial charge in [0.05, 0.1) is 22.1 Å². The van der Waals surface area contributed by atoms with Crippen LogP contribution in [0.3, 0.4) is 0 Å². The lowest BCUT2D eigenvalue weighted by atomic mass is 9.90.